The van der Waals surface area contributed by atoms with Gasteiger partial charge in [0.25, 0.3) is 0 Å². The highest BCUT2D eigenvalue weighted by atomic mass is 19.1. The van der Waals surface area contributed by atoms with Gasteiger partial charge in [0.05, 0.1) is 0 Å². The van der Waals surface area contributed by atoms with Crippen LogP contribution in [0.2, 0.25) is 0 Å². The number of nitrogens with one attached hydrogen (secondary N) is 1. The molecule has 0 saturated heterocycles. The van der Waals surface area contributed by atoms with Crippen molar-refractivity contribution < 1.29 is 8.81 Å². The van der Waals surface area contributed by atoms with E-state index in [-0.39, 0.29) is 11.4 Å². The van der Waals surface area contributed by atoms with Crippen LogP contribution in [0.5, 0.6) is 0 Å². The summed E-state index contributed by atoms with van der Waals surface area (Å²) in [7, 11) is 0. The van der Waals surface area contributed by atoms with Crippen LogP contribution in [0.4, 0.5) is 4.39 Å². The monoisotopic (exact) mass is 347 g/mol. The molecule has 1 heterocycles. The zero-order valence-electron chi connectivity index (χ0n) is 14.2. The van der Waals surface area contributed by atoms with Crippen molar-refractivity contribution in [1.82, 2.24) is 5.32 Å². The van der Waals surface area contributed by atoms with Crippen LogP contribution in [0.1, 0.15) is 11.1 Å². The molecule has 4 heteroatoms. The second-order valence-corrected chi connectivity index (χ2v) is 6.30. The lowest BCUT2D eigenvalue weighted by molar-refractivity contribution is 0.557. The Bertz CT molecular complexity index is 1120. The van der Waals surface area contributed by atoms with Gasteiger partial charge in [0.1, 0.15) is 11.4 Å². The maximum Gasteiger partial charge on any atom is 0.336 e. The van der Waals surface area contributed by atoms with Gasteiger partial charge in [-0.05, 0) is 53.1 Å². The molecule has 26 heavy (non-hydrogen) atoms. The van der Waals surface area contributed by atoms with Crippen molar-refractivity contribution in [2.75, 3.05) is 6.54 Å². The van der Waals surface area contributed by atoms with E-state index in [9.17, 15) is 9.18 Å². The number of halogens is 1. The zero-order chi connectivity index (χ0) is 17.9. The Balaban J connectivity index is 1.58. The van der Waals surface area contributed by atoms with Gasteiger partial charge in [0.15, 0.2) is 0 Å². The predicted octanol–water partition coefficient (Wildman–Crippen LogP) is 4.42. The molecule has 1 aromatic heterocycles. The number of benzene rings is 3. The Hall–Kier alpha value is -2.98. The molecule has 0 fully saturated rings. The molecule has 0 aliphatic heterocycles. The molecule has 0 unspecified atom stereocenters. The molecule has 0 aliphatic carbocycles. The molecule has 3 nitrogen and oxygen atoms in total. The molecule has 1 N–H and O–H groups in total. The minimum Gasteiger partial charge on any atom is -0.423 e. The lowest BCUT2D eigenvalue weighted by Crippen LogP contribution is -2.18. The molecular formula is C22H18FNO2. The van der Waals surface area contributed by atoms with Crippen molar-refractivity contribution in [1.29, 1.82) is 0 Å². The van der Waals surface area contributed by atoms with Crippen LogP contribution in [0.25, 0.3) is 21.7 Å². The van der Waals surface area contributed by atoms with Crippen LogP contribution in [0.3, 0.4) is 0 Å². The fourth-order valence-corrected chi connectivity index (χ4v) is 3.27. The summed E-state index contributed by atoms with van der Waals surface area (Å²) in [5.41, 5.74) is 2.25. The summed E-state index contributed by atoms with van der Waals surface area (Å²) < 4.78 is 18.3. The lowest BCUT2D eigenvalue weighted by Gasteiger charge is -2.10. The highest BCUT2D eigenvalue weighted by Gasteiger charge is 2.09. The normalized spacial score (nSPS) is 11.3. The van der Waals surface area contributed by atoms with E-state index in [1.807, 2.05) is 36.4 Å². The van der Waals surface area contributed by atoms with E-state index in [2.05, 4.69) is 5.32 Å². The van der Waals surface area contributed by atoms with Crippen molar-refractivity contribution >= 4 is 21.7 Å². The van der Waals surface area contributed by atoms with E-state index < -0.39 is 0 Å². The third-order valence-corrected chi connectivity index (χ3v) is 4.53. The van der Waals surface area contributed by atoms with Gasteiger partial charge >= 0.3 is 5.63 Å². The third-order valence-electron chi connectivity index (χ3n) is 4.53. The van der Waals surface area contributed by atoms with E-state index in [4.69, 9.17) is 4.42 Å². The van der Waals surface area contributed by atoms with Crippen molar-refractivity contribution in [2.45, 2.75) is 13.0 Å². The van der Waals surface area contributed by atoms with E-state index in [1.54, 1.807) is 18.2 Å². The summed E-state index contributed by atoms with van der Waals surface area (Å²) in [6.45, 7) is 1.30. The second-order valence-electron chi connectivity index (χ2n) is 6.30. The molecule has 0 amide bonds. The number of rotatable bonds is 5. The van der Waals surface area contributed by atoms with Crippen LogP contribution in [-0.4, -0.2) is 6.54 Å². The van der Waals surface area contributed by atoms with E-state index in [0.717, 1.165) is 40.3 Å². The molecule has 130 valence electrons. The Morgan fingerprint density at radius 2 is 1.77 bits per heavy atom. The third kappa shape index (κ3) is 3.37. The van der Waals surface area contributed by atoms with Gasteiger partial charge in [-0.1, -0.05) is 42.5 Å². The first-order valence-electron chi connectivity index (χ1n) is 8.60. The number of hydrogen-bond acceptors (Lipinski definition) is 3. The highest BCUT2D eigenvalue weighted by molar-refractivity contribution is 6.07. The van der Waals surface area contributed by atoms with Gasteiger partial charge < -0.3 is 9.73 Å². The first-order chi connectivity index (χ1) is 12.7. The summed E-state index contributed by atoms with van der Waals surface area (Å²) in [4.78, 5) is 11.9. The van der Waals surface area contributed by atoms with Crippen molar-refractivity contribution in [3.8, 4) is 0 Å². The summed E-state index contributed by atoms with van der Waals surface area (Å²) in [6.07, 6.45) is 0.792. The molecule has 3 aromatic carbocycles. The fraction of sp³-hybridized carbons (Fsp3) is 0.136. The fourth-order valence-electron chi connectivity index (χ4n) is 3.27. The Labute approximate surface area is 150 Å². The van der Waals surface area contributed by atoms with E-state index >= 15 is 0 Å². The van der Waals surface area contributed by atoms with Gasteiger partial charge in [-0.25, -0.2) is 9.18 Å². The van der Waals surface area contributed by atoms with Crippen LogP contribution in [0.15, 0.2) is 75.9 Å². The van der Waals surface area contributed by atoms with Crippen LogP contribution >= 0.6 is 0 Å². The molecule has 0 atom stereocenters. The molecule has 0 bridgehead atoms. The molecule has 0 aliphatic rings. The van der Waals surface area contributed by atoms with Gasteiger partial charge in [-0.3, -0.25) is 0 Å². The molecule has 4 aromatic rings. The molecule has 0 spiro atoms. The van der Waals surface area contributed by atoms with Gasteiger partial charge in [0, 0.05) is 18.0 Å². The van der Waals surface area contributed by atoms with Gasteiger partial charge in [-0.2, -0.15) is 0 Å². The second kappa shape index (κ2) is 7.10. The SMILES string of the molecule is O=c1cc(CNCCc2ccc(F)cc2)c2c(ccc3ccccc32)o1. The minimum atomic E-state index is -0.344. The van der Waals surface area contributed by atoms with E-state index in [1.165, 1.54) is 12.1 Å². The number of hydrogen-bond donors (Lipinski definition) is 1. The summed E-state index contributed by atoms with van der Waals surface area (Å²) >= 11 is 0. The quantitative estimate of drug-likeness (QED) is 0.330. The topological polar surface area (TPSA) is 42.2 Å². The molecule has 0 saturated carbocycles. The molecule has 0 radical (unpaired) electrons. The van der Waals surface area contributed by atoms with Crippen LogP contribution in [-0.2, 0) is 13.0 Å². The van der Waals surface area contributed by atoms with Crippen molar-refractivity contribution in [3.63, 3.8) is 0 Å². The average Bonchev–Trinajstić information content (AvgIpc) is 2.66. The van der Waals surface area contributed by atoms with Crippen molar-refractivity contribution in [3.05, 3.63) is 94.1 Å². The standard InChI is InChI=1S/C22H18FNO2/c23-18-8-5-15(6-9-18)11-12-24-14-17-13-21(25)26-20-10-7-16-3-1-2-4-19(16)22(17)20/h1-10,13,24H,11-12,14H2. The summed E-state index contributed by atoms with van der Waals surface area (Å²) in [6, 6.07) is 20.0. The van der Waals surface area contributed by atoms with Gasteiger partial charge in [0.2, 0.25) is 0 Å². The van der Waals surface area contributed by atoms with Crippen LogP contribution in [0, 0.1) is 5.82 Å². The zero-order valence-corrected chi connectivity index (χ0v) is 14.2. The molecule has 4 rings (SSSR count). The predicted molar refractivity (Wildman–Crippen MR) is 102 cm³/mol. The summed E-state index contributed by atoms with van der Waals surface area (Å²) in [5, 5.41) is 6.53. The highest BCUT2D eigenvalue weighted by Crippen LogP contribution is 2.27. The Kier molecular flexibility index (Phi) is 4.50. The lowest BCUT2D eigenvalue weighted by atomic mass is 10.0. The minimum absolute atomic E-state index is 0.226. The van der Waals surface area contributed by atoms with Crippen LogP contribution < -0.4 is 10.9 Å². The largest absolute Gasteiger partial charge is 0.423 e. The smallest absolute Gasteiger partial charge is 0.336 e. The van der Waals surface area contributed by atoms with Crippen molar-refractivity contribution in [2.24, 2.45) is 0 Å². The molecular weight excluding hydrogens is 329 g/mol. The first kappa shape index (κ1) is 16.5. The van der Waals surface area contributed by atoms with E-state index in [0.29, 0.717) is 12.1 Å². The Morgan fingerprint density at radius 3 is 2.62 bits per heavy atom. The number of fused-ring (bicyclic) bond motifs is 3. The first-order valence-corrected chi connectivity index (χ1v) is 8.60. The average molecular weight is 347 g/mol. The summed E-state index contributed by atoms with van der Waals surface area (Å²) in [5.74, 6) is -0.226. The maximum absolute atomic E-state index is 13.0. The maximum atomic E-state index is 13.0. The van der Waals surface area contributed by atoms with Gasteiger partial charge in [-0.15, -0.1) is 0 Å². The Morgan fingerprint density at radius 1 is 0.962 bits per heavy atom.